The van der Waals surface area contributed by atoms with Crippen molar-refractivity contribution in [3.05, 3.63) is 71.9 Å². The van der Waals surface area contributed by atoms with E-state index in [1.165, 1.54) is 36.7 Å². The zero-order chi connectivity index (χ0) is 17.4. The van der Waals surface area contributed by atoms with Crippen molar-refractivity contribution in [3.8, 4) is 17.6 Å². The number of benzene rings is 2. The highest BCUT2D eigenvalue weighted by molar-refractivity contribution is 5.86. The van der Waals surface area contributed by atoms with Crippen molar-refractivity contribution < 1.29 is 17.9 Å². The molecule has 0 aliphatic rings. The lowest BCUT2D eigenvalue weighted by Gasteiger charge is -2.08. The van der Waals surface area contributed by atoms with Gasteiger partial charge in [0.2, 0.25) is 0 Å². The smallest absolute Gasteiger partial charge is 0.406 e. The number of ether oxygens (including phenoxy) is 1. The average molecular weight is 330 g/mol. The number of rotatable bonds is 3. The second kappa shape index (κ2) is 7.88. The van der Waals surface area contributed by atoms with Crippen molar-refractivity contribution in [1.82, 2.24) is 0 Å². The summed E-state index contributed by atoms with van der Waals surface area (Å²) in [5, 5.41) is 0. The van der Waals surface area contributed by atoms with Gasteiger partial charge >= 0.3 is 6.36 Å². The normalized spacial score (nSPS) is 11.9. The van der Waals surface area contributed by atoms with Crippen LogP contribution in [-0.2, 0) is 0 Å². The van der Waals surface area contributed by atoms with Crippen LogP contribution in [-0.4, -0.2) is 12.6 Å². The average Bonchev–Trinajstić information content (AvgIpc) is 2.56. The highest BCUT2D eigenvalue weighted by Gasteiger charge is 2.30. The van der Waals surface area contributed by atoms with Crippen LogP contribution in [0.4, 0.5) is 18.9 Å². The van der Waals surface area contributed by atoms with Crippen molar-refractivity contribution in [2.75, 3.05) is 0 Å². The Hall–Kier alpha value is -3.20. The van der Waals surface area contributed by atoms with Crippen LogP contribution in [0.1, 0.15) is 5.56 Å². The molecule has 122 valence electrons. The zero-order valence-electron chi connectivity index (χ0n) is 12.4. The molecule has 0 aromatic heterocycles. The summed E-state index contributed by atoms with van der Waals surface area (Å²) in [6.45, 7) is 0. The number of allylic oxidation sites excluding steroid dienone is 1. The first-order chi connectivity index (χ1) is 11.5. The first-order valence-electron chi connectivity index (χ1n) is 6.85. The summed E-state index contributed by atoms with van der Waals surface area (Å²) < 4.78 is 40.0. The molecule has 0 bridgehead atoms. The van der Waals surface area contributed by atoms with E-state index in [2.05, 4.69) is 21.6 Å². The van der Waals surface area contributed by atoms with Crippen LogP contribution in [0.15, 0.2) is 71.4 Å². The molecule has 0 aliphatic carbocycles. The van der Waals surface area contributed by atoms with E-state index in [1.54, 1.807) is 0 Å². The molecule has 0 amide bonds. The lowest BCUT2D eigenvalue weighted by Crippen LogP contribution is -2.16. The molecule has 0 radical (unpaired) electrons. The lowest BCUT2D eigenvalue weighted by molar-refractivity contribution is -0.274. The predicted molar refractivity (Wildman–Crippen MR) is 86.9 cm³/mol. The molecule has 0 heterocycles. The maximum absolute atomic E-state index is 12.1. The van der Waals surface area contributed by atoms with Gasteiger partial charge in [-0.05, 0) is 36.4 Å². The van der Waals surface area contributed by atoms with Crippen LogP contribution in [0.2, 0.25) is 0 Å². The highest BCUT2D eigenvalue weighted by Crippen LogP contribution is 2.24. The summed E-state index contributed by atoms with van der Waals surface area (Å²) in [7, 11) is 0. The maximum Gasteiger partial charge on any atom is 0.573 e. The van der Waals surface area contributed by atoms with Gasteiger partial charge in [-0.1, -0.05) is 30.0 Å². The third kappa shape index (κ3) is 5.89. The maximum atomic E-state index is 12.1. The van der Waals surface area contributed by atoms with Crippen LogP contribution >= 0.6 is 0 Å². The Kier molecular flexibility index (Phi) is 5.63. The minimum absolute atomic E-state index is 0.306. The minimum Gasteiger partial charge on any atom is -0.406 e. The fourth-order valence-corrected chi connectivity index (χ4v) is 1.66. The van der Waals surface area contributed by atoms with Gasteiger partial charge in [0, 0.05) is 18.0 Å². The van der Waals surface area contributed by atoms with Gasteiger partial charge in [-0.2, -0.15) is 0 Å². The van der Waals surface area contributed by atoms with E-state index in [1.807, 2.05) is 30.3 Å². The summed E-state index contributed by atoms with van der Waals surface area (Å²) in [5.41, 5.74) is 7.26. The minimum atomic E-state index is -4.72. The first-order valence-corrected chi connectivity index (χ1v) is 6.85. The van der Waals surface area contributed by atoms with E-state index in [4.69, 9.17) is 5.73 Å². The zero-order valence-corrected chi connectivity index (χ0v) is 12.4. The fraction of sp³-hybridized carbons (Fsp3) is 0.0556. The summed E-state index contributed by atoms with van der Waals surface area (Å²) >= 11 is 0. The molecular weight excluding hydrogens is 317 g/mol. The Balaban J connectivity index is 2.05. The van der Waals surface area contributed by atoms with Gasteiger partial charge in [0.1, 0.15) is 5.75 Å². The highest BCUT2D eigenvalue weighted by atomic mass is 19.4. The SMILES string of the molecule is NC=C(C#Cc1ccccc1)C=Nc1ccc(OC(F)(F)F)cc1. The van der Waals surface area contributed by atoms with Crippen molar-refractivity contribution >= 4 is 11.9 Å². The molecule has 0 unspecified atom stereocenters. The topological polar surface area (TPSA) is 47.6 Å². The number of halogens is 3. The van der Waals surface area contributed by atoms with Crippen LogP contribution in [0.3, 0.4) is 0 Å². The molecule has 0 spiro atoms. The molecule has 2 aromatic carbocycles. The second-order valence-corrected chi connectivity index (χ2v) is 4.54. The molecule has 3 nitrogen and oxygen atoms in total. The predicted octanol–water partition coefficient (Wildman–Crippen LogP) is 4.18. The van der Waals surface area contributed by atoms with Crippen molar-refractivity contribution in [2.24, 2.45) is 10.7 Å². The number of aliphatic imine (C=N–C) groups is 1. The van der Waals surface area contributed by atoms with Gasteiger partial charge in [0.25, 0.3) is 0 Å². The van der Waals surface area contributed by atoms with E-state index in [9.17, 15) is 13.2 Å². The first kappa shape index (κ1) is 17.2. The monoisotopic (exact) mass is 330 g/mol. The van der Waals surface area contributed by atoms with Crippen LogP contribution in [0, 0.1) is 11.8 Å². The molecule has 0 saturated heterocycles. The van der Waals surface area contributed by atoms with Gasteiger partial charge in [-0.15, -0.1) is 13.2 Å². The van der Waals surface area contributed by atoms with E-state index >= 15 is 0 Å². The number of alkyl halides is 3. The van der Waals surface area contributed by atoms with Gasteiger partial charge in [-0.3, -0.25) is 4.99 Å². The fourth-order valence-electron chi connectivity index (χ4n) is 1.66. The Bertz CT molecular complexity index is 783. The van der Waals surface area contributed by atoms with Crippen LogP contribution in [0.25, 0.3) is 0 Å². The molecule has 2 aromatic rings. The van der Waals surface area contributed by atoms with Crippen molar-refractivity contribution in [1.29, 1.82) is 0 Å². The summed E-state index contributed by atoms with van der Waals surface area (Å²) in [6, 6.07) is 14.5. The quantitative estimate of drug-likeness (QED) is 0.678. The Morgan fingerprint density at radius 2 is 1.71 bits per heavy atom. The van der Waals surface area contributed by atoms with Gasteiger partial charge in [-0.25, -0.2) is 0 Å². The Labute approximate surface area is 137 Å². The van der Waals surface area contributed by atoms with Crippen molar-refractivity contribution in [2.45, 2.75) is 6.36 Å². The number of nitrogens with two attached hydrogens (primary N) is 1. The largest absolute Gasteiger partial charge is 0.573 e. The summed E-state index contributed by atoms with van der Waals surface area (Å²) in [6.07, 6.45) is -1.97. The lowest BCUT2D eigenvalue weighted by atomic mass is 10.2. The molecule has 24 heavy (non-hydrogen) atoms. The van der Waals surface area contributed by atoms with E-state index in [0.29, 0.717) is 11.3 Å². The standard InChI is InChI=1S/C18H13F3N2O/c19-18(20,21)24-17-10-8-16(9-11-17)23-13-15(12-22)7-6-14-4-2-1-3-5-14/h1-5,8-13H,22H2. The molecule has 0 atom stereocenters. The summed E-state index contributed by atoms with van der Waals surface area (Å²) in [5.74, 6) is 5.49. The van der Waals surface area contributed by atoms with E-state index in [0.717, 1.165) is 5.56 Å². The Morgan fingerprint density at radius 1 is 1.04 bits per heavy atom. The second-order valence-electron chi connectivity index (χ2n) is 4.54. The third-order valence-electron chi connectivity index (χ3n) is 2.73. The van der Waals surface area contributed by atoms with Gasteiger partial charge in [0.05, 0.1) is 11.3 Å². The van der Waals surface area contributed by atoms with Crippen molar-refractivity contribution in [3.63, 3.8) is 0 Å². The number of nitrogens with zero attached hydrogens (tertiary/aromatic N) is 1. The van der Waals surface area contributed by atoms with Gasteiger partial charge < -0.3 is 10.5 Å². The summed E-state index contributed by atoms with van der Waals surface area (Å²) in [4.78, 5) is 4.11. The van der Waals surface area contributed by atoms with Crippen LogP contribution in [0.5, 0.6) is 5.75 Å². The molecular formula is C18H13F3N2O. The van der Waals surface area contributed by atoms with Gasteiger partial charge in [0.15, 0.2) is 0 Å². The molecule has 0 fully saturated rings. The molecule has 2 rings (SSSR count). The van der Waals surface area contributed by atoms with E-state index < -0.39 is 6.36 Å². The molecule has 0 aliphatic heterocycles. The number of hydrogen-bond acceptors (Lipinski definition) is 3. The molecule has 2 N–H and O–H groups in total. The molecule has 0 saturated carbocycles. The van der Waals surface area contributed by atoms with Crippen LogP contribution < -0.4 is 10.5 Å². The molecule has 6 heteroatoms. The van der Waals surface area contributed by atoms with E-state index in [-0.39, 0.29) is 5.75 Å². The Morgan fingerprint density at radius 3 is 2.29 bits per heavy atom. The third-order valence-corrected chi connectivity index (χ3v) is 2.73. The number of hydrogen-bond donors (Lipinski definition) is 1.